The van der Waals surface area contributed by atoms with E-state index in [1.165, 1.54) is 74.4 Å². The van der Waals surface area contributed by atoms with E-state index in [0.29, 0.717) is 5.92 Å². The third kappa shape index (κ3) is 7.43. The maximum absolute atomic E-state index is 8.04. The minimum absolute atomic E-state index is 0.0178. The molecule has 4 aliphatic carbocycles. The van der Waals surface area contributed by atoms with Crippen LogP contribution < -0.4 is 25.6 Å². The molecule has 74 heavy (non-hydrogen) atoms. The maximum atomic E-state index is 8.04. The Morgan fingerprint density at radius 2 is 1.18 bits per heavy atom. The summed E-state index contributed by atoms with van der Waals surface area (Å²) < 4.78 is 8.04. The second-order valence-electron chi connectivity index (χ2n) is 27.0. The van der Waals surface area contributed by atoms with E-state index in [4.69, 9.17) is 4.74 Å². The van der Waals surface area contributed by atoms with E-state index < -0.39 is 5.60 Å². The van der Waals surface area contributed by atoms with Gasteiger partial charge in [-0.05, 0) is 183 Å². The van der Waals surface area contributed by atoms with Crippen molar-refractivity contribution in [3.8, 4) is 0 Å². The molecule has 0 aromatic heterocycles. The van der Waals surface area contributed by atoms with E-state index in [-0.39, 0.29) is 45.7 Å². The van der Waals surface area contributed by atoms with Crippen LogP contribution in [0.2, 0.25) is 0 Å². The van der Waals surface area contributed by atoms with E-state index in [1.54, 1.807) is 5.57 Å². The Kier molecular flexibility index (Phi) is 11.1. The van der Waals surface area contributed by atoms with Gasteiger partial charge in [-0.25, -0.2) is 0 Å². The van der Waals surface area contributed by atoms with E-state index >= 15 is 0 Å². The van der Waals surface area contributed by atoms with Crippen molar-refractivity contribution in [3.05, 3.63) is 184 Å². The van der Waals surface area contributed by atoms with Gasteiger partial charge in [-0.1, -0.05) is 169 Å². The smallest absolute Gasteiger partial charge is 0.296 e. The minimum atomic E-state index is -0.596. The van der Waals surface area contributed by atoms with Gasteiger partial charge in [0, 0.05) is 34.1 Å². The molecule has 0 N–H and O–H groups in total. The summed E-state index contributed by atoms with van der Waals surface area (Å²) in [6.45, 7) is 34.2. The number of hydrogen-bond acceptors (Lipinski definition) is 4. The van der Waals surface area contributed by atoms with Gasteiger partial charge in [0.15, 0.2) is 0 Å². The summed E-state index contributed by atoms with van der Waals surface area (Å²) in [5.74, 6) is 0.315. The van der Waals surface area contributed by atoms with Crippen LogP contribution in [0.25, 0.3) is 0 Å². The molecule has 0 spiro atoms. The van der Waals surface area contributed by atoms with Gasteiger partial charge in [0.25, 0.3) is 6.71 Å². The lowest BCUT2D eigenvalue weighted by molar-refractivity contribution is 0.0722. The number of fused-ring (bicyclic) bond motifs is 7. The average molecular weight is 978 g/mol. The molecule has 3 unspecified atom stereocenters. The zero-order valence-electron chi connectivity index (χ0n) is 47.1. The number of allylic oxidation sites excluding steroid dienone is 4. The van der Waals surface area contributed by atoms with E-state index in [2.05, 4.69) is 251 Å². The maximum Gasteiger partial charge on any atom is 0.296 e. The zero-order chi connectivity index (χ0) is 52.1. The number of benzene rings is 5. The van der Waals surface area contributed by atoms with Crippen LogP contribution in [0.5, 0.6) is 0 Å². The zero-order valence-corrected chi connectivity index (χ0v) is 47.1. The van der Waals surface area contributed by atoms with Gasteiger partial charge in [-0.3, -0.25) is 0 Å². The number of ether oxygens (including phenoxy) is 1. The van der Waals surface area contributed by atoms with Crippen molar-refractivity contribution in [2.45, 2.75) is 158 Å². The summed E-state index contributed by atoms with van der Waals surface area (Å²) >= 11 is 0. The van der Waals surface area contributed by atoms with Crippen LogP contribution in [-0.4, -0.2) is 18.4 Å². The predicted octanol–water partition coefficient (Wildman–Crippen LogP) is 17.5. The molecule has 380 valence electrons. The van der Waals surface area contributed by atoms with Crippen molar-refractivity contribution in [1.82, 2.24) is 0 Å². The van der Waals surface area contributed by atoms with E-state index in [1.807, 2.05) is 0 Å². The highest BCUT2D eigenvalue weighted by atomic mass is 16.5. The Morgan fingerprint density at radius 1 is 0.635 bits per heavy atom. The van der Waals surface area contributed by atoms with Crippen LogP contribution >= 0.6 is 0 Å². The predicted molar refractivity (Wildman–Crippen MR) is 315 cm³/mol. The largest absolute Gasteiger partial charge is 0.494 e. The Labute approximate surface area is 445 Å². The summed E-state index contributed by atoms with van der Waals surface area (Å²) in [6.07, 6.45) is 17.3. The number of anilines is 7. The van der Waals surface area contributed by atoms with Gasteiger partial charge in [-0.15, -0.1) is 0 Å². The van der Waals surface area contributed by atoms with Gasteiger partial charge in [0.1, 0.15) is 5.60 Å². The van der Waals surface area contributed by atoms with Crippen LogP contribution in [0.15, 0.2) is 173 Å². The Balaban J connectivity index is 1.22. The third-order valence-electron chi connectivity index (χ3n) is 19.5. The number of nitrogens with zero attached hydrogens (tertiary/aromatic N) is 3. The topological polar surface area (TPSA) is 19.0 Å². The second kappa shape index (κ2) is 16.8. The van der Waals surface area contributed by atoms with Crippen molar-refractivity contribution >= 4 is 57.5 Å². The molecule has 12 rings (SSSR count). The van der Waals surface area contributed by atoms with Crippen molar-refractivity contribution in [3.63, 3.8) is 0 Å². The standard InChI is InChI=1S/C69H80BN3O/c1-15-64(4,5)52-42-57-58(40-50(52)44(2)3)72(48-31-32-51-53(37-48)66(8,9)34-33-65(51,6)7)59-38-49(71(45-25-19-16-20-26-45)46-27-21-17-22-28-46)39-60-61(59)70(57)63-62(73(60)47-29-23-18-24-30-47)55-41-54-56(43-69(55,14)74-63)68(12,13)36-35-67(54,10)11/h16-30,32,37-44,48,55H,15,31,33-36H2,1-14H3. The van der Waals surface area contributed by atoms with E-state index in [0.717, 1.165) is 54.1 Å². The molecule has 3 atom stereocenters. The van der Waals surface area contributed by atoms with Gasteiger partial charge in [-0.2, -0.15) is 0 Å². The minimum Gasteiger partial charge on any atom is -0.494 e. The first-order valence-corrected chi connectivity index (χ1v) is 28.3. The normalized spacial score (nSPS) is 24.5. The van der Waals surface area contributed by atoms with Crippen molar-refractivity contribution < 1.29 is 4.74 Å². The van der Waals surface area contributed by atoms with Crippen LogP contribution in [0.4, 0.5) is 39.8 Å². The highest BCUT2D eigenvalue weighted by molar-refractivity contribution is 6.94. The quantitative estimate of drug-likeness (QED) is 0.144. The fourth-order valence-electron chi connectivity index (χ4n) is 14.5. The van der Waals surface area contributed by atoms with Crippen LogP contribution in [-0.2, 0) is 10.2 Å². The van der Waals surface area contributed by atoms with Gasteiger partial charge >= 0.3 is 0 Å². The molecule has 2 saturated carbocycles. The van der Waals surface area contributed by atoms with Crippen LogP contribution in [0.1, 0.15) is 153 Å². The first-order chi connectivity index (χ1) is 35.1. The molecule has 0 bridgehead atoms. The van der Waals surface area contributed by atoms with Crippen molar-refractivity contribution in [1.29, 1.82) is 0 Å². The highest BCUT2D eigenvalue weighted by Gasteiger charge is 2.59. The van der Waals surface area contributed by atoms with Gasteiger partial charge < -0.3 is 19.4 Å². The summed E-state index contributed by atoms with van der Waals surface area (Å²) in [5.41, 5.74) is 22.0. The van der Waals surface area contributed by atoms with E-state index in [9.17, 15) is 0 Å². The van der Waals surface area contributed by atoms with Gasteiger partial charge in [0.05, 0.1) is 29.0 Å². The third-order valence-corrected chi connectivity index (χ3v) is 19.5. The van der Waals surface area contributed by atoms with Crippen molar-refractivity contribution in [2.75, 3.05) is 14.7 Å². The number of hydrogen-bond donors (Lipinski definition) is 0. The molecule has 7 aliphatic rings. The lowest BCUT2D eigenvalue weighted by Gasteiger charge is -2.50. The van der Waals surface area contributed by atoms with Crippen molar-refractivity contribution in [2.24, 2.45) is 27.6 Å². The molecule has 0 radical (unpaired) electrons. The molecule has 0 amide bonds. The molecule has 2 fully saturated rings. The average Bonchev–Trinajstić information content (AvgIpc) is 3.72. The van der Waals surface area contributed by atoms with Crippen LogP contribution in [0.3, 0.4) is 0 Å². The Morgan fingerprint density at radius 3 is 1.76 bits per heavy atom. The Hall–Kier alpha value is -5.94. The molecule has 5 aromatic rings. The summed E-state index contributed by atoms with van der Waals surface area (Å²) in [5, 5.41) is 0. The summed E-state index contributed by atoms with van der Waals surface area (Å²) in [6, 6.07) is 43.8. The fourth-order valence-corrected chi connectivity index (χ4v) is 14.5. The molecule has 5 heteroatoms. The molecule has 3 heterocycles. The summed E-state index contributed by atoms with van der Waals surface area (Å²) in [4.78, 5) is 7.96. The Bertz CT molecular complexity index is 3220. The lowest BCUT2D eigenvalue weighted by Crippen LogP contribution is -2.58. The molecule has 4 nitrogen and oxygen atoms in total. The first-order valence-electron chi connectivity index (χ1n) is 28.3. The van der Waals surface area contributed by atoms with Crippen LogP contribution in [0, 0.1) is 27.6 Å². The lowest BCUT2D eigenvalue weighted by atomic mass is 9.35. The molecule has 0 saturated heterocycles. The fraction of sp³-hybridized carbons (Fsp3) is 0.420. The number of rotatable bonds is 8. The summed E-state index contributed by atoms with van der Waals surface area (Å²) in [7, 11) is 0. The molecule has 3 aliphatic heterocycles. The molecular formula is C69H80BN3O. The highest BCUT2D eigenvalue weighted by Crippen LogP contribution is 2.62. The molecular weight excluding hydrogens is 898 g/mol. The van der Waals surface area contributed by atoms with Gasteiger partial charge in [0.2, 0.25) is 0 Å². The SMILES string of the molecule is CCC(C)(C)c1cc2c(cc1C(C)C)N(C1C=C3C(=CC1)C(C)(C)CCC3(C)C)c1cc(N(c3ccccc3)c3ccccc3)cc3c1B2C1=C(C2C=C4C(=CC2(C)O1)C(C)(C)CCC4(C)C)N3c1ccccc1. The first kappa shape index (κ1) is 49.0. The second-order valence-corrected chi connectivity index (χ2v) is 27.0. The monoisotopic (exact) mass is 978 g/mol. The molecule has 5 aromatic carbocycles. The number of para-hydroxylation sites is 3.